The third kappa shape index (κ3) is 4.74. The number of hydrogen-bond donors (Lipinski definition) is 0. The van der Waals surface area contributed by atoms with Crippen LogP contribution in [0.1, 0.15) is 10.6 Å². The van der Waals surface area contributed by atoms with E-state index in [0.29, 0.717) is 0 Å². The van der Waals surface area contributed by atoms with Crippen molar-refractivity contribution < 1.29 is 4.79 Å². The van der Waals surface area contributed by atoms with Crippen LogP contribution >= 0.6 is 11.3 Å². The van der Waals surface area contributed by atoms with Crippen LogP contribution in [0, 0.1) is 0 Å². The maximum absolute atomic E-state index is 12.4. The molecular weight excluding hydrogens is 366 g/mol. The quantitative estimate of drug-likeness (QED) is 0.615. The Bertz CT molecular complexity index is 929. The molecule has 28 heavy (non-hydrogen) atoms. The molecule has 142 valence electrons. The highest BCUT2D eigenvalue weighted by atomic mass is 32.1. The van der Waals surface area contributed by atoms with Crippen LogP contribution in [0.2, 0.25) is 0 Å². The van der Waals surface area contributed by atoms with Crippen molar-refractivity contribution in [2.24, 2.45) is 0 Å². The van der Waals surface area contributed by atoms with Gasteiger partial charge in [0.05, 0.1) is 12.2 Å². The lowest BCUT2D eigenvalue weighted by Gasteiger charge is -2.33. The Labute approximate surface area is 169 Å². The summed E-state index contributed by atoms with van der Waals surface area (Å²) in [4.78, 5) is 21.5. The molecule has 2 heterocycles. The molecule has 1 aromatic heterocycles. The third-order valence-electron chi connectivity index (χ3n) is 4.88. The number of aromatic nitrogens is 1. The molecule has 5 heteroatoms. The molecule has 0 bridgehead atoms. The average molecular weight is 390 g/mol. The van der Waals surface area contributed by atoms with E-state index in [1.807, 2.05) is 59.5 Å². The number of hydrogen-bond acceptors (Lipinski definition) is 4. The predicted molar refractivity (Wildman–Crippen MR) is 115 cm³/mol. The number of benzene rings is 2. The fourth-order valence-corrected chi connectivity index (χ4v) is 4.12. The fraction of sp³-hybridized carbons (Fsp3) is 0.217. The van der Waals surface area contributed by atoms with E-state index in [0.717, 1.165) is 54.6 Å². The van der Waals surface area contributed by atoms with Crippen LogP contribution in [0.3, 0.4) is 0 Å². The number of thiazole rings is 1. The van der Waals surface area contributed by atoms with Gasteiger partial charge in [-0.15, -0.1) is 11.3 Å². The van der Waals surface area contributed by atoms with E-state index < -0.39 is 0 Å². The van der Waals surface area contributed by atoms with Crippen LogP contribution in [-0.4, -0.2) is 46.9 Å². The summed E-state index contributed by atoms with van der Waals surface area (Å²) in [5, 5.41) is 3.25. The Morgan fingerprint density at radius 1 is 0.964 bits per heavy atom. The Morgan fingerprint density at radius 2 is 1.64 bits per heavy atom. The summed E-state index contributed by atoms with van der Waals surface area (Å²) in [6.45, 7) is 4.12. The van der Waals surface area contributed by atoms with Gasteiger partial charge in [0.25, 0.3) is 0 Å². The van der Waals surface area contributed by atoms with E-state index in [2.05, 4.69) is 22.4 Å². The van der Waals surface area contributed by atoms with Crippen molar-refractivity contribution in [1.29, 1.82) is 0 Å². The summed E-state index contributed by atoms with van der Waals surface area (Å²) < 4.78 is 0. The van der Waals surface area contributed by atoms with Crippen molar-refractivity contribution in [2.45, 2.75) is 6.54 Å². The Balaban J connectivity index is 1.28. The molecule has 4 rings (SSSR count). The van der Waals surface area contributed by atoms with Gasteiger partial charge in [-0.25, -0.2) is 4.98 Å². The fourth-order valence-electron chi connectivity index (χ4n) is 3.28. The van der Waals surface area contributed by atoms with E-state index in [-0.39, 0.29) is 5.91 Å². The van der Waals surface area contributed by atoms with Crippen molar-refractivity contribution in [3.63, 3.8) is 0 Å². The van der Waals surface area contributed by atoms with Crippen LogP contribution in [-0.2, 0) is 11.3 Å². The highest BCUT2D eigenvalue weighted by molar-refractivity contribution is 7.09. The summed E-state index contributed by atoms with van der Waals surface area (Å²) in [6.07, 6.45) is 3.56. The summed E-state index contributed by atoms with van der Waals surface area (Å²) >= 11 is 1.71. The zero-order valence-electron chi connectivity index (χ0n) is 15.7. The molecule has 4 nitrogen and oxygen atoms in total. The maximum atomic E-state index is 12.4. The van der Waals surface area contributed by atoms with E-state index in [9.17, 15) is 4.79 Å². The minimum atomic E-state index is 0.0871. The largest absolute Gasteiger partial charge is 0.337 e. The molecule has 0 unspecified atom stereocenters. The van der Waals surface area contributed by atoms with E-state index >= 15 is 0 Å². The number of piperazine rings is 1. The van der Waals surface area contributed by atoms with Crippen molar-refractivity contribution in [1.82, 2.24) is 14.8 Å². The highest BCUT2D eigenvalue weighted by Crippen LogP contribution is 2.22. The standard InChI is InChI=1S/C23H23N3OS/c27-23(12-11-19-7-3-1-4-8-19)26-15-13-25(14-16-26)17-22-24-21(18-28-22)20-9-5-2-6-10-20/h1-12,18H,13-17H2/b12-11+. The predicted octanol–water partition coefficient (Wildman–Crippen LogP) is 4.17. The Hall–Kier alpha value is -2.76. The molecule has 1 fully saturated rings. The second kappa shape index (κ2) is 8.95. The number of amides is 1. The van der Waals surface area contributed by atoms with Gasteiger partial charge in [0.15, 0.2) is 0 Å². The summed E-state index contributed by atoms with van der Waals surface area (Å²) in [5.41, 5.74) is 3.25. The first-order valence-electron chi connectivity index (χ1n) is 9.52. The monoisotopic (exact) mass is 389 g/mol. The topological polar surface area (TPSA) is 36.4 Å². The SMILES string of the molecule is O=C(/C=C/c1ccccc1)N1CCN(Cc2nc(-c3ccccc3)cs2)CC1. The van der Waals surface area contributed by atoms with Crippen molar-refractivity contribution in [3.05, 3.63) is 82.7 Å². The lowest BCUT2D eigenvalue weighted by atomic mass is 10.2. The first-order chi connectivity index (χ1) is 13.8. The molecule has 0 radical (unpaired) electrons. The molecule has 1 amide bonds. The van der Waals surface area contributed by atoms with Gasteiger partial charge in [-0.2, -0.15) is 0 Å². The molecule has 0 atom stereocenters. The zero-order chi connectivity index (χ0) is 19.2. The van der Waals surface area contributed by atoms with Crippen LogP contribution in [0.15, 0.2) is 72.1 Å². The first-order valence-corrected chi connectivity index (χ1v) is 10.4. The molecular formula is C23H23N3OS. The zero-order valence-corrected chi connectivity index (χ0v) is 16.5. The number of carbonyl (C=O) groups excluding carboxylic acids is 1. The summed E-state index contributed by atoms with van der Waals surface area (Å²) in [5.74, 6) is 0.0871. The Kier molecular flexibility index (Phi) is 5.95. The Morgan fingerprint density at radius 3 is 2.36 bits per heavy atom. The van der Waals surface area contributed by atoms with E-state index in [1.54, 1.807) is 17.4 Å². The second-order valence-corrected chi connectivity index (χ2v) is 7.78. The van der Waals surface area contributed by atoms with E-state index in [1.165, 1.54) is 0 Å². The van der Waals surface area contributed by atoms with Crippen LogP contribution in [0.5, 0.6) is 0 Å². The smallest absolute Gasteiger partial charge is 0.246 e. The highest BCUT2D eigenvalue weighted by Gasteiger charge is 2.20. The molecule has 0 aliphatic carbocycles. The van der Waals surface area contributed by atoms with Gasteiger partial charge in [-0.1, -0.05) is 60.7 Å². The van der Waals surface area contributed by atoms with Crippen LogP contribution in [0.25, 0.3) is 17.3 Å². The molecule has 1 aliphatic heterocycles. The normalized spacial score (nSPS) is 15.2. The van der Waals surface area contributed by atoms with Crippen LogP contribution < -0.4 is 0 Å². The molecule has 0 saturated carbocycles. The van der Waals surface area contributed by atoms with Crippen molar-refractivity contribution >= 4 is 23.3 Å². The van der Waals surface area contributed by atoms with Crippen molar-refractivity contribution in [2.75, 3.05) is 26.2 Å². The number of carbonyl (C=O) groups is 1. The average Bonchev–Trinajstić information content (AvgIpc) is 3.22. The lowest BCUT2D eigenvalue weighted by molar-refractivity contribution is -0.127. The second-order valence-electron chi connectivity index (χ2n) is 6.84. The number of nitrogens with zero attached hydrogens (tertiary/aromatic N) is 3. The van der Waals surface area contributed by atoms with Gasteiger partial charge < -0.3 is 4.90 Å². The minimum Gasteiger partial charge on any atom is -0.337 e. The molecule has 0 N–H and O–H groups in total. The molecule has 0 spiro atoms. The maximum Gasteiger partial charge on any atom is 0.246 e. The molecule has 1 aliphatic rings. The van der Waals surface area contributed by atoms with Gasteiger partial charge >= 0.3 is 0 Å². The van der Waals surface area contributed by atoms with Gasteiger partial charge in [0, 0.05) is 43.2 Å². The van der Waals surface area contributed by atoms with Crippen molar-refractivity contribution in [3.8, 4) is 11.3 Å². The van der Waals surface area contributed by atoms with Gasteiger partial charge in [0.1, 0.15) is 5.01 Å². The minimum absolute atomic E-state index is 0.0871. The van der Waals surface area contributed by atoms with Crippen LogP contribution in [0.4, 0.5) is 0 Å². The van der Waals surface area contributed by atoms with Gasteiger partial charge in [0.2, 0.25) is 5.91 Å². The molecule has 1 saturated heterocycles. The first kappa shape index (κ1) is 18.6. The molecule has 3 aromatic rings. The van der Waals surface area contributed by atoms with E-state index in [4.69, 9.17) is 4.98 Å². The summed E-state index contributed by atoms with van der Waals surface area (Å²) in [6, 6.07) is 20.2. The van der Waals surface area contributed by atoms with Gasteiger partial charge in [-0.3, -0.25) is 9.69 Å². The third-order valence-corrected chi connectivity index (χ3v) is 5.72. The summed E-state index contributed by atoms with van der Waals surface area (Å²) in [7, 11) is 0. The molecule has 2 aromatic carbocycles. The number of rotatable bonds is 5. The lowest BCUT2D eigenvalue weighted by Crippen LogP contribution is -2.47. The van der Waals surface area contributed by atoms with Gasteiger partial charge in [-0.05, 0) is 11.6 Å².